The first-order valence-electron chi connectivity index (χ1n) is 2.87. The van der Waals surface area contributed by atoms with Gasteiger partial charge in [-0.1, -0.05) is 12.6 Å². The van der Waals surface area contributed by atoms with Gasteiger partial charge in [-0.25, -0.2) is 4.98 Å². The smallest absolute Gasteiger partial charge is 0.236 e. The number of carbonyl (C=O) groups excluding carboxylic acids is 1. The van der Waals surface area contributed by atoms with Crippen LogP contribution in [0.15, 0.2) is 0 Å². The topological polar surface area (TPSA) is 45.8 Å². The van der Waals surface area contributed by atoms with E-state index in [4.69, 9.17) is 0 Å². The number of aromatic amines is 1. The van der Waals surface area contributed by atoms with Crippen molar-refractivity contribution < 1.29 is 4.79 Å². The van der Waals surface area contributed by atoms with Gasteiger partial charge in [0.25, 0.3) is 0 Å². The lowest BCUT2D eigenvalue weighted by Crippen LogP contribution is -1.91. The molecule has 1 heterocycles. The number of imidazole rings is 1. The molecule has 0 atom stereocenters. The fourth-order valence-electron chi connectivity index (χ4n) is 0.818. The van der Waals surface area contributed by atoms with Crippen molar-refractivity contribution in [1.82, 2.24) is 9.97 Å². The number of H-pyrrole nitrogens is 1. The predicted molar refractivity (Wildman–Crippen MR) is 41.4 cm³/mol. The van der Waals surface area contributed by atoms with Crippen LogP contribution in [0.5, 0.6) is 0 Å². The molecule has 0 unspecified atom stereocenters. The van der Waals surface area contributed by atoms with Gasteiger partial charge < -0.3 is 4.98 Å². The minimum Gasteiger partial charge on any atom is -0.346 e. The molecule has 1 aromatic heterocycles. The average Bonchev–Trinajstić information content (AvgIpc) is 2.10. The molecule has 0 radical (unpaired) electrons. The van der Waals surface area contributed by atoms with Crippen LogP contribution in [0.4, 0.5) is 0 Å². The van der Waals surface area contributed by atoms with Gasteiger partial charge in [-0.2, -0.15) is 0 Å². The summed E-state index contributed by atoms with van der Waals surface area (Å²) in [5, 5.41) is -0.290. The Balaban J connectivity index is 3.15. The predicted octanol–water partition coefficient (Wildman–Crippen LogP) is 1.10. The number of rotatable bonds is 1. The van der Waals surface area contributed by atoms with Gasteiger partial charge in [-0.3, -0.25) is 4.79 Å². The van der Waals surface area contributed by atoms with E-state index < -0.39 is 0 Å². The first-order chi connectivity index (χ1) is 4.61. The number of aryl methyl sites for hydroxylation is 2. The Morgan fingerprint density at radius 2 is 2.20 bits per heavy atom. The minimum atomic E-state index is -0.290. The highest BCUT2D eigenvalue weighted by Gasteiger charge is 2.07. The zero-order valence-electron chi connectivity index (χ0n) is 5.80. The number of nitrogens with zero attached hydrogens (tertiary/aromatic N) is 1. The SMILES string of the molecule is Cc1nc(C(=O)S)c(C)[nH]1. The maximum absolute atomic E-state index is 10.7. The molecule has 10 heavy (non-hydrogen) atoms. The van der Waals surface area contributed by atoms with Crippen molar-refractivity contribution in [3.05, 3.63) is 17.2 Å². The lowest BCUT2D eigenvalue weighted by atomic mass is 10.4. The number of hydrogen-bond acceptors (Lipinski definition) is 2. The minimum absolute atomic E-state index is 0.290. The molecular formula is C6H8N2OS. The highest BCUT2D eigenvalue weighted by molar-refractivity contribution is 7.97. The van der Waals surface area contributed by atoms with Gasteiger partial charge in [0.1, 0.15) is 11.5 Å². The Kier molecular flexibility index (Phi) is 1.80. The number of hydrogen-bond donors (Lipinski definition) is 2. The van der Waals surface area contributed by atoms with E-state index in [1.54, 1.807) is 13.8 Å². The fourth-order valence-corrected chi connectivity index (χ4v) is 1.04. The zero-order chi connectivity index (χ0) is 7.72. The van der Waals surface area contributed by atoms with Crippen molar-refractivity contribution in [3.8, 4) is 0 Å². The Labute approximate surface area is 64.3 Å². The van der Waals surface area contributed by atoms with E-state index in [1.807, 2.05) is 0 Å². The van der Waals surface area contributed by atoms with Crippen LogP contribution in [0.3, 0.4) is 0 Å². The van der Waals surface area contributed by atoms with E-state index >= 15 is 0 Å². The van der Waals surface area contributed by atoms with E-state index in [1.165, 1.54) is 0 Å². The second-order valence-electron chi connectivity index (χ2n) is 2.10. The molecule has 0 aliphatic heterocycles. The van der Waals surface area contributed by atoms with Crippen molar-refractivity contribution in [2.45, 2.75) is 13.8 Å². The summed E-state index contributed by atoms with van der Waals surface area (Å²) < 4.78 is 0. The number of carbonyl (C=O) groups is 1. The van der Waals surface area contributed by atoms with Gasteiger partial charge in [-0.15, -0.1) is 0 Å². The maximum Gasteiger partial charge on any atom is 0.236 e. The first-order valence-corrected chi connectivity index (χ1v) is 3.32. The van der Waals surface area contributed by atoms with Crippen LogP contribution < -0.4 is 0 Å². The van der Waals surface area contributed by atoms with Crippen LogP contribution in [-0.4, -0.2) is 15.1 Å². The summed E-state index contributed by atoms with van der Waals surface area (Å²) in [6.45, 7) is 3.59. The highest BCUT2D eigenvalue weighted by Crippen LogP contribution is 2.06. The lowest BCUT2D eigenvalue weighted by Gasteiger charge is -1.85. The van der Waals surface area contributed by atoms with Gasteiger partial charge >= 0.3 is 0 Å². The number of aromatic nitrogens is 2. The zero-order valence-corrected chi connectivity index (χ0v) is 6.70. The number of thiol groups is 1. The van der Waals surface area contributed by atoms with E-state index in [0.29, 0.717) is 5.69 Å². The summed E-state index contributed by atoms with van der Waals surface area (Å²) in [5.41, 5.74) is 1.19. The Hall–Kier alpha value is -0.770. The summed E-state index contributed by atoms with van der Waals surface area (Å²) in [7, 11) is 0. The summed E-state index contributed by atoms with van der Waals surface area (Å²) >= 11 is 3.65. The standard InChI is InChI=1S/C6H8N2OS/c1-3-5(6(9)10)8-4(2)7-3/h1-2H3,(H,7,8)(H,9,10). The molecule has 0 saturated carbocycles. The van der Waals surface area contributed by atoms with Crippen molar-refractivity contribution in [2.75, 3.05) is 0 Å². The fraction of sp³-hybridized carbons (Fsp3) is 0.333. The van der Waals surface area contributed by atoms with Gasteiger partial charge in [0.05, 0.1) is 0 Å². The molecule has 54 valence electrons. The summed E-state index contributed by atoms with van der Waals surface area (Å²) in [4.78, 5) is 17.5. The van der Waals surface area contributed by atoms with Gasteiger partial charge in [0.2, 0.25) is 5.12 Å². The van der Waals surface area contributed by atoms with Crippen molar-refractivity contribution in [3.63, 3.8) is 0 Å². The van der Waals surface area contributed by atoms with Crippen molar-refractivity contribution in [1.29, 1.82) is 0 Å². The van der Waals surface area contributed by atoms with Crippen LogP contribution in [0, 0.1) is 13.8 Å². The van der Waals surface area contributed by atoms with E-state index in [0.717, 1.165) is 11.5 Å². The molecule has 1 aromatic rings. The lowest BCUT2D eigenvalue weighted by molar-refractivity contribution is 0.108. The largest absolute Gasteiger partial charge is 0.346 e. The number of nitrogens with one attached hydrogen (secondary N) is 1. The third-order valence-corrected chi connectivity index (χ3v) is 1.42. The molecule has 1 N–H and O–H groups in total. The molecule has 0 bridgehead atoms. The van der Waals surface area contributed by atoms with Gasteiger partial charge in [-0.05, 0) is 13.8 Å². The molecular weight excluding hydrogens is 148 g/mol. The quantitative estimate of drug-likeness (QED) is 0.598. The molecule has 0 aromatic carbocycles. The van der Waals surface area contributed by atoms with Crippen LogP contribution in [0.25, 0.3) is 0 Å². The molecule has 1 rings (SSSR count). The third-order valence-electron chi connectivity index (χ3n) is 1.21. The van der Waals surface area contributed by atoms with Crippen LogP contribution >= 0.6 is 12.6 Å². The third kappa shape index (κ3) is 1.21. The van der Waals surface area contributed by atoms with E-state index in [2.05, 4.69) is 22.6 Å². The molecule has 0 amide bonds. The average molecular weight is 156 g/mol. The Bertz CT molecular complexity index is 267. The van der Waals surface area contributed by atoms with Crippen molar-refractivity contribution >= 4 is 17.7 Å². The van der Waals surface area contributed by atoms with Crippen LogP contribution in [-0.2, 0) is 0 Å². The first kappa shape index (κ1) is 7.34. The normalized spacial score (nSPS) is 9.90. The van der Waals surface area contributed by atoms with Gasteiger partial charge in [0.15, 0.2) is 0 Å². The molecule has 0 aliphatic rings. The second kappa shape index (κ2) is 2.46. The van der Waals surface area contributed by atoms with Gasteiger partial charge in [0, 0.05) is 5.69 Å². The van der Waals surface area contributed by atoms with Crippen LogP contribution in [0.2, 0.25) is 0 Å². The van der Waals surface area contributed by atoms with E-state index in [-0.39, 0.29) is 5.12 Å². The monoisotopic (exact) mass is 156 g/mol. The molecule has 4 heteroatoms. The molecule has 0 fully saturated rings. The maximum atomic E-state index is 10.7. The molecule has 0 spiro atoms. The molecule has 0 aliphatic carbocycles. The summed E-state index contributed by atoms with van der Waals surface area (Å²) in [6, 6.07) is 0. The Morgan fingerprint density at radius 1 is 1.60 bits per heavy atom. The summed E-state index contributed by atoms with van der Waals surface area (Å²) in [6.07, 6.45) is 0. The summed E-state index contributed by atoms with van der Waals surface area (Å²) in [5.74, 6) is 0.745. The van der Waals surface area contributed by atoms with Crippen LogP contribution in [0.1, 0.15) is 22.0 Å². The molecule has 0 saturated heterocycles. The Morgan fingerprint density at radius 3 is 2.40 bits per heavy atom. The highest BCUT2D eigenvalue weighted by atomic mass is 32.1. The second-order valence-corrected chi connectivity index (χ2v) is 2.51. The van der Waals surface area contributed by atoms with E-state index in [9.17, 15) is 4.79 Å². The van der Waals surface area contributed by atoms with Crippen molar-refractivity contribution in [2.24, 2.45) is 0 Å². The molecule has 3 nitrogen and oxygen atoms in total.